The van der Waals surface area contributed by atoms with Crippen molar-refractivity contribution in [3.63, 3.8) is 0 Å². The molecule has 0 radical (unpaired) electrons. The van der Waals surface area contributed by atoms with E-state index in [4.69, 9.17) is 15.2 Å². The first-order valence-corrected chi connectivity index (χ1v) is 12.8. The highest BCUT2D eigenvalue weighted by Gasteiger charge is 2.52. The summed E-state index contributed by atoms with van der Waals surface area (Å²) in [6.07, 6.45) is 5.50. The largest absolute Gasteiger partial charge is 0.492 e. The average Bonchev–Trinajstić information content (AvgIpc) is 2.87. The highest BCUT2D eigenvalue weighted by atomic mass is 19.1. The van der Waals surface area contributed by atoms with E-state index in [9.17, 15) is 4.39 Å². The Labute approximate surface area is 223 Å². The number of nitrogens with one attached hydrogen (secondary N) is 2. The second-order valence-corrected chi connectivity index (χ2v) is 10.2. The molecule has 2 aromatic carbocycles. The van der Waals surface area contributed by atoms with Crippen molar-refractivity contribution in [2.45, 2.75) is 31.9 Å². The Hall–Kier alpha value is -3.98. The third-order valence-corrected chi connectivity index (χ3v) is 7.21. The summed E-state index contributed by atoms with van der Waals surface area (Å²) in [7, 11) is 0. The molecule has 0 bridgehead atoms. The van der Waals surface area contributed by atoms with Crippen molar-refractivity contribution in [2.75, 3.05) is 37.7 Å². The minimum Gasteiger partial charge on any atom is -0.492 e. The molecule has 0 aliphatic carbocycles. The van der Waals surface area contributed by atoms with Crippen LogP contribution in [0.5, 0.6) is 5.75 Å². The summed E-state index contributed by atoms with van der Waals surface area (Å²) in [4.78, 5) is 4.13. The lowest BCUT2D eigenvalue weighted by Gasteiger charge is -2.56. The van der Waals surface area contributed by atoms with E-state index in [0.717, 1.165) is 35.7 Å². The monoisotopic (exact) mass is 518 g/mol. The number of hydrogen-bond donors (Lipinski definition) is 3. The summed E-state index contributed by atoms with van der Waals surface area (Å²) < 4.78 is 26.3. The molecule has 2 fully saturated rings. The lowest BCUT2D eigenvalue weighted by molar-refractivity contribution is -0.0818. The zero-order chi connectivity index (χ0) is 26.9. The second kappa shape index (κ2) is 10.1. The van der Waals surface area contributed by atoms with Crippen molar-refractivity contribution in [3.8, 4) is 5.75 Å². The maximum Gasteiger partial charge on any atom is 0.191 e. The van der Waals surface area contributed by atoms with Gasteiger partial charge in [0.15, 0.2) is 17.2 Å². The third-order valence-electron chi connectivity index (χ3n) is 7.21. The van der Waals surface area contributed by atoms with Crippen LogP contribution in [0, 0.1) is 5.82 Å². The van der Waals surface area contributed by atoms with E-state index in [1.165, 1.54) is 12.1 Å². The fourth-order valence-corrected chi connectivity index (χ4v) is 5.14. The normalized spacial score (nSPS) is 23.1. The van der Waals surface area contributed by atoms with E-state index >= 15 is 0 Å². The molecule has 1 spiro atoms. The number of halogens is 1. The number of hydrogen-bond acceptors (Lipinski definition) is 8. The summed E-state index contributed by atoms with van der Waals surface area (Å²) in [6.45, 7) is 13.1. The zero-order valence-electron chi connectivity index (χ0n) is 22.1. The smallest absolute Gasteiger partial charge is 0.191 e. The molecule has 5 rings (SSSR count). The first-order chi connectivity index (χ1) is 18.3. The van der Waals surface area contributed by atoms with Crippen LogP contribution in [-0.4, -0.2) is 49.1 Å². The zero-order valence-corrected chi connectivity index (χ0v) is 22.1. The lowest BCUT2D eigenvalue weighted by Crippen LogP contribution is -2.73. The van der Waals surface area contributed by atoms with E-state index < -0.39 is 5.54 Å². The second-order valence-electron chi connectivity index (χ2n) is 10.2. The fraction of sp³-hybridized carbons (Fsp3) is 0.345. The molecule has 2 aromatic rings. The van der Waals surface area contributed by atoms with Crippen molar-refractivity contribution in [1.29, 1.82) is 0 Å². The van der Waals surface area contributed by atoms with Crippen LogP contribution in [0.15, 0.2) is 78.0 Å². The van der Waals surface area contributed by atoms with Gasteiger partial charge in [-0.3, -0.25) is 0 Å². The van der Waals surface area contributed by atoms with Crippen molar-refractivity contribution < 1.29 is 13.9 Å². The molecule has 3 aliphatic rings. The van der Waals surface area contributed by atoms with Gasteiger partial charge in [0.05, 0.1) is 30.9 Å². The topological polar surface area (TPSA) is 87.4 Å². The van der Waals surface area contributed by atoms with Crippen molar-refractivity contribution >= 4 is 17.6 Å². The maximum atomic E-state index is 13.7. The van der Waals surface area contributed by atoms with E-state index in [1.54, 1.807) is 12.4 Å². The predicted molar refractivity (Wildman–Crippen MR) is 149 cm³/mol. The molecule has 0 aromatic heterocycles. The van der Waals surface area contributed by atoms with Gasteiger partial charge in [0, 0.05) is 31.2 Å². The van der Waals surface area contributed by atoms with Crippen LogP contribution in [0.25, 0.3) is 6.08 Å². The van der Waals surface area contributed by atoms with Crippen LogP contribution in [-0.2, 0) is 10.3 Å². The Balaban J connectivity index is 1.55. The van der Waals surface area contributed by atoms with Crippen LogP contribution < -0.4 is 26.1 Å². The molecule has 8 nitrogen and oxygen atoms in total. The number of allylic oxidation sites excluding steroid dienone is 1. The van der Waals surface area contributed by atoms with Crippen molar-refractivity contribution in [2.24, 2.45) is 10.8 Å². The molecule has 1 unspecified atom stereocenters. The van der Waals surface area contributed by atoms with Gasteiger partial charge in [0.2, 0.25) is 0 Å². The lowest BCUT2D eigenvalue weighted by atomic mass is 9.84. The number of hydrazone groups is 1. The van der Waals surface area contributed by atoms with Crippen LogP contribution in [0.4, 0.5) is 10.1 Å². The van der Waals surface area contributed by atoms with Gasteiger partial charge in [0.1, 0.15) is 11.6 Å². The van der Waals surface area contributed by atoms with E-state index in [-0.39, 0.29) is 11.4 Å². The molecule has 3 aliphatic heterocycles. The van der Waals surface area contributed by atoms with Gasteiger partial charge in [-0.15, -0.1) is 0 Å². The van der Waals surface area contributed by atoms with Gasteiger partial charge in [-0.2, -0.15) is 5.10 Å². The van der Waals surface area contributed by atoms with Gasteiger partial charge >= 0.3 is 0 Å². The molecular formula is C29H35FN6O2. The molecule has 4 N–H and O–H groups in total. The van der Waals surface area contributed by atoms with Gasteiger partial charge < -0.3 is 35.7 Å². The average molecular weight is 519 g/mol. The third kappa shape index (κ3) is 4.69. The van der Waals surface area contributed by atoms with Gasteiger partial charge in [-0.25, -0.2) is 4.39 Å². The molecular weight excluding hydrogens is 483 g/mol. The van der Waals surface area contributed by atoms with Crippen LogP contribution in [0.2, 0.25) is 0 Å². The molecule has 38 heavy (non-hydrogen) atoms. The highest BCUT2D eigenvalue weighted by molar-refractivity contribution is 6.02. The van der Waals surface area contributed by atoms with E-state index in [1.807, 2.05) is 55.2 Å². The molecule has 2 saturated heterocycles. The minimum absolute atomic E-state index is 0.252. The van der Waals surface area contributed by atoms with Crippen LogP contribution in [0.1, 0.15) is 31.9 Å². The Bertz CT molecular complexity index is 1300. The summed E-state index contributed by atoms with van der Waals surface area (Å²) in [6, 6.07) is 12.7. The molecule has 0 amide bonds. The number of nitrogens with two attached hydrogens (primary N) is 1. The Morgan fingerprint density at radius 2 is 2.03 bits per heavy atom. The molecule has 200 valence electrons. The molecule has 0 saturated carbocycles. The highest BCUT2D eigenvalue weighted by Crippen LogP contribution is 2.40. The number of ether oxygens (including phenoxy) is 2. The van der Waals surface area contributed by atoms with E-state index in [0.29, 0.717) is 36.9 Å². The summed E-state index contributed by atoms with van der Waals surface area (Å²) >= 11 is 0. The van der Waals surface area contributed by atoms with E-state index in [2.05, 4.69) is 34.2 Å². The fourth-order valence-electron chi connectivity index (χ4n) is 5.14. The number of amidine groups is 1. The first-order valence-electron chi connectivity index (χ1n) is 12.8. The standard InChI is InChI=1S/C29H35FN6O2/c1-5-35(15-20(3)31)24-12-7-21(13-25(24)37-6-2)14-26-27-34-33-16-28(4,22-8-10-23(30)11-9-22)36(27)19-29(38-26)17-32-18-29/h5,7-15,32-33H,1,6,16-19,31H2,2-4H3/b20-15-,26-14-. The van der Waals surface area contributed by atoms with Gasteiger partial charge in [-0.1, -0.05) is 24.8 Å². The Kier molecular flexibility index (Phi) is 6.79. The minimum atomic E-state index is -0.437. The SMILES string of the molecule is C=CN(/C=C(/C)N)c1ccc(/C=C2\OC3(CNC3)CN3C2=NNCC3(C)c2ccc(F)cc2)cc1OCC. The number of fused-ring (bicyclic) bond motifs is 1. The summed E-state index contributed by atoms with van der Waals surface area (Å²) in [5, 5.41) is 8.03. The molecule has 1 atom stereocenters. The predicted octanol–water partition coefficient (Wildman–Crippen LogP) is 3.84. The first kappa shape index (κ1) is 25.7. The van der Waals surface area contributed by atoms with Crippen molar-refractivity contribution in [3.05, 3.63) is 89.8 Å². The summed E-state index contributed by atoms with van der Waals surface area (Å²) in [5.41, 5.74) is 11.7. The maximum absolute atomic E-state index is 13.7. The van der Waals surface area contributed by atoms with Gasteiger partial charge in [0.25, 0.3) is 0 Å². The summed E-state index contributed by atoms with van der Waals surface area (Å²) in [5.74, 6) is 1.84. The Morgan fingerprint density at radius 1 is 1.26 bits per heavy atom. The number of nitrogens with zero attached hydrogens (tertiary/aromatic N) is 3. The Morgan fingerprint density at radius 3 is 2.66 bits per heavy atom. The number of rotatable bonds is 7. The molecule has 3 heterocycles. The quantitative estimate of drug-likeness (QED) is 0.513. The number of anilines is 1. The van der Waals surface area contributed by atoms with Crippen LogP contribution >= 0.6 is 0 Å². The number of morpholine rings is 1. The van der Waals surface area contributed by atoms with Crippen molar-refractivity contribution in [1.82, 2.24) is 15.6 Å². The number of benzene rings is 2. The van der Waals surface area contributed by atoms with Gasteiger partial charge in [-0.05, 0) is 62.2 Å². The molecule has 9 heteroatoms. The van der Waals surface area contributed by atoms with Crippen LogP contribution in [0.3, 0.4) is 0 Å².